The molecule has 1 aromatic carbocycles. The smallest absolute Gasteiger partial charge is 0.408 e. The van der Waals surface area contributed by atoms with E-state index in [9.17, 15) is 24.6 Å². The first-order chi connectivity index (χ1) is 17.4. The van der Waals surface area contributed by atoms with Crippen LogP contribution in [0.25, 0.3) is 0 Å². The Morgan fingerprint density at radius 2 is 1.59 bits per heavy atom. The number of nitrogens with zero attached hydrogens (tertiary/aromatic N) is 1. The van der Waals surface area contributed by atoms with Crippen molar-refractivity contribution in [2.45, 2.75) is 110 Å². The molecule has 3 atom stereocenters. The van der Waals surface area contributed by atoms with E-state index in [1.54, 1.807) is 32.9 Å². The molecule has 0 aromatic heterocycles. The van der Waals surface area contributed by atoms with Crippen molar-refractivity contribution in [2.75, 3.05) is 13.2 Å². The number of rotatable bonds is 15. The molecule has 0 aliphatic heterocycles. The van der Waals surface area contributed by atoms with Crippen LogP contribution in [0.1, 0.15) is 98.1 Å². The van der Waals surface area contributed by atoms with E-state index >= 15 is 0 Å². The monoisotopic (exact) mass is 521 g/mol. The van der Waals surface area contributed by atoms with Gasteiger partial charge in [0, 0.05) is 12.6 Å². The van der Waals surface area contributed by atoms with E-state index in [4.69, 9.17) is 4.74 Å². The fourth-order valence-electron chi connectivity index (χ4n) is 4.04. The molecule has 0 saturated heterocycles. The van der Waals surface area contributed by atoms with Gasteiger partial charge in [-0.2, -0.15) is 0 Å². The second kappa shape index (κ2) is 16.1. The average molecular weight is 522 g/mol. The molecule has 210 valence electrons. The average Bonchev–Trinajstić information content (AvgIpc) is 2.81. The molecule has 3 amide bonds. The van der Waals surface area contributed by atoms with Gasteiger partial charge in [-0.1, -0.05) is 58.1 Å². The number of ether oxygens (including phenoxy) is 1. The number of nitrogens with one attached hydrogen (secondary N) is 2. The number of carbonyl (C=O) groups excluding carboxylic acids is 3. The molecular formula is C28H47N3O6. The predicted octanol–water partition coefficient (Wildman–Crippen LogP) is 4.42. The lowest BCUT2D eigenvalue weighted by Crippen LogP contribution is -2.55. The first kappa shape index (κ1) is 32.2. The van der Waals surface area contributed by atoms with Crippen LogP contribution in [-0.2, 0) is 14.3 Å². The fourth-order valence-corrected chi connectivity index (χ4v) is 4.04. The summed E-state index contributed by atoms with van der Waals surface area (Å²) in [7, 11) is 0. The van der Waals surface area contributed by atoms with E-state index < -0.39 is 36.3 Å². The van der Waals surface area contributed by atoms with Crippen molar-refractivity contribution in [3.8, 4) is 5.75 Å². The summed E-state index contributed by atoms with van der Waals surface area (Å²) in [6, 6.07) is 3.76. The molecule has 0 spiro atoms. The van der Waals surface area contributed by atoms with E-state index in [0.717, 1.165) is 38.5 Å². The Balaban J connectivity index is 3.35. The van der Waals surface area contributed by atoms with Crippen molar-refractivity contribution in [1.29, 1.82) is 0 Å². The highest BCUT2D eigenvalue weighted by molar-refractivity contribution is 5.92. The van der Waals surface area contributed by atoms with E-state index in [1.807, 2.05) is 13.8 Å². The molecule has 0 fully saturated rings. The number of carbonyl (C=O) groups is 3. The molecule has 0 aliphatic carbocycles. The zero-order valence-electron chi connectivity index (χ0n) is 23.4. The SMILES string of the molecule is CCCCCCCN(C(=O)C(CO)NC(=O)OC(C)(C)C)C(C(=O)NC(C)CCC)c1ccc(O)cc1. The molecule has 0 aliphatic rings. The Hall–Kier alpha value is -2.81. The normalized spacial score (nSPS) is 13.8. The fraction of sp³-hybridized carbons (Fsp3) is 0.679. The van der Waals surface area contributed by atoms with E-state index in [-0.39, 0.29) is 24.2 Å². The lowest BCUT2D eigenvalue weighted by Gasteiger charge is -2.34. The van der Waals surface area contributed by atoms with Gasteiger partial charge in [0.2, 0.25) is 11.8 Å². The van der Waals surface area contributed by atoms with Crippen molar-refractivity contribution >= 4 is 17.9 Å². The number of aromatic hydroxyl groups is 1. The summed E-state index contributed by atoms with van der Waals surface area (Å²) in [6.45, 7) is 10.8. The van der Waals surface area contributed by atoms with Gasteiger partial charge in [0.05, 0.1) is 6.61 Å². The molecule has 0 radical (unpaired) electrons. The standard InChI is InChI=1S/C28H47N3O6/c1-7-9-10-11-12-18-31(26(35)23(19-32)30-27(36)37-28(4,5)6)24(21-14-16-22(33)17-15-21)25(34)29-20(3)13-8-2/h14-17,20,23-24,32-33H,7-13,18-19H2,1-6H3,(H,29,34)(H,30,36). The molecule has 1 rings (SSSR count). The maximum Gasteiger partial charge on any atom is 0.408 e. The Bertz CT molecular complexity index is 837. The van der Waals surface area contributed by atoms with Gasteiger partial charge in [0.1, 0.15) is 23.4 Å². The van der Waals surface area contributed by atoms with Crippen molar-refractivity contribution in [3.63, 3.8) is 0 Å². The Kier molecular flexibility index (Phi) is 14.0. The van der Waals surface area contributed by atoms with Gasteiger partial charge < -0.3 is 30.5 Å². The third kappa shape index (κ3) is 11.9. The molecule has 3 unspecified atom stereocenters. The van der Waals surface area contributed by atoms with Crippen LogP contribution in [-0.4, -0.2) is 63.9 Å². The number of phenolic OH excluding ortho intramolecular Hbond substituents is 1. The zero-order valence-corrected chi connectivity index (χ0v) is 23.4. The number of alkyl carbamates (subject to hydrolysis) is 1. The molecule has 4 N–H and O–H groups in total. The van der Waals surface area contributed by atoms with Crippen LogP contribution in [0.2, 0.25) is 0 Å². The maximum absolute atomic E-state index is 13.8. The highest BCUT2D eigenvalue weighted by Gasteiger charge is 2.36. The minimum absolute atomic E-state index is 0.0412. The summed E-state index contributed by atoms with van der Waals surface area (Å²) < 4.78 is 5.27. The number of unbranched alkanes of at least 4 members (excludes halogenated alkanes) is 4. The topological polar surface area (TPSA) is 128 Å². The first-order valence-corrected chi connectivity index (χ1v) is 13.4. The number of benzene rings is 1. The number of amides is 3. The van der Waals surface area contributed by atoms with Gasteiger partial charge in [-0.05, 0) is 58.2 Å². The Morgan fingerprint density at radius 1 is 0.973 bits per heavy atom. The van der Waals surface area contributed by atoms with Crippen molar-refractivity contribution in [1.82, 2.24) is 15.5 Å². The van der Waals surface area contributed by atoms with Crippen LogP contribution in [0.3, 0.4) is 0 Å². The molecule has 0 heterocycles. The van der Waals surface area contributed by atoms with Gasteiger partial charge in [0.15, 0.2) is 0 Å². The van der Waals surface area contributed by atoms with Crippen LogP contribution < -0.4 is 10.6 Å². The lowest BCUT2D eigenvalue weighted by molar-refractivity contribution is -0.143. The molecular weight excluding hydrogens is 474 g/mol. The molecule has 9 nitrogen and oxygen atoms in total. The summed E-state index contributed by atoms with van der Waals surface area (Å²) in [6.07, 6.45) is 5.51. The van der Waals surface area contributed by atoms with Crippen LogP contribution >= 0.6 is 0 Å². The second-order valence-corrected chi connectivity index (χ2v) is 10.5. The molecule has 0 bridgehead atoms. The van der Waals surface area contributed by atoms with Gasteiger partial charge >= 0.3 is 6.09 Å². The van der Waals surface area contributed by atoms with E-state index in [0.29, 0.717) is 12.0 Å². The largest absolute Gasteiger partial charge is 0.508 e. The number of aliphatic hydroxyl groups is 1. The van der Waals surface area contributed by atoms with Crippen LogP contribution in [0.4, 0.5) is 4.79 Å². The van der Waals surface area contributed by atoms with Crippen LogP contribution in [0.15, 0.2) is 24.3 Å². The van der Waals surface area contributed by atoms with Crippen molar-refractivity contribution in [2.24, 2.45) is 0 Å². The van der Waals surface area contributed by atoms with E-state index in [2.05, 4.69) is 17.6 Å². The van der Waals surface area contributed by atoms with E-state index in [1.165, 1.54) is 17.0 Å². The van der Waals surface area contributed by atoms with Crippen LogP contribution in [0, 0.1) is 0 Å². The maximum atomic E-state index is 13.8. The summed E-state index contributed by atoms with van der Waals surface area (Å²) in [5, 5.41) is 25.3. The summed E-state index contributed by atoms with van der Waals surface area (Å²) in [5.41, 5.74) is -0.259. The van der Waals surface area contributed by atoms with Crippen molar-refractivity contribution in [3.05, 3.63) is 29.8 Å². The summed E-state index contributed by atoms with van der Waals surface area (Å²) >= 11 is 0. The minimum Gasteiger partial charge on any atom is -0.508 e. The highest BCUT2D eigenvalue weighted by atomic mass is 16.6. The molecule has 37 heavy (non-hydrogen) atoms. The van der Waals surface area contributed by atoms with Gasteiger partial charge in [-0.25, -0.2) is 4.79 Å². The lowest BCUT2D eigenvalue weighted by atomic mass is 10.0. The Labute approximate surface area is 222 Å². The second-order valence-electron chi connectivity index (χ2n) is 10.5. The number of aliphatic hydroxyl groups excluding tert-OH is 1. The number of hydrogen-bond acceptors (Lipinski definition) is 6. The molecule has 9 heteroatoms. The van der Waals surface area contributed by atoms with Gasteiger partial charge in [-0.3, -0.25) is 9.59 Å². The third-order valence-corrected chi connectivity index (χ3v) is 5.84. The predicted molar refractivity (Wildman–Crippen MR) is 144 cm³/mol. The highest BCUT2D eigenvalue weighted by Crippen LogP contribution is 2.26. The van der Waals surface area contributed by atoms with Crippen LogP contribution in [0.5, 0.6) is 5.75 Å². The van der Waals surface area contributed by atoms with Gasteiger partial charge in [0.25, 0.3) is 0 Å². The number of hydrogen-bond donors (Lipinski definition) is 4. The van der Waals surface area contributed by atoms with Crippen molar-refractivity contribution < 1.29 is 29.3 Å². The summed E-state index contributed by atoms with van der Waals surface area (Å²) in [4.78, 5) is 41.1. The summed E-state index contributed by atoms with van der Waals surface area (Å²) in [5.74, 6) is -0.901. The van der Waals surface area contributed by atoms with Gasteiger partial charge in [-0.15, -0.1) is 0 Å². The Morgan fingerprint density at radius 3 is 2.14 bits per heavy atom. The minimum atomic E-state index is -1.29. The molecule has 0 saturated carbocycles. The quantitative estimate of drug-likeness (QED) is 0.253. The third-order valence-electron chi connectivity index (χ3n) is 5.84. The molecule has 1 aromatic rings. The number of phenols is 1. The zero-order chi connectivity index (χ0) is 28.0. The first-order valence-electron chi connectivity index (χ1n) is 13.4.